The van der Waals surface area contributed by atoms with E-state index in [4.69, 9.17) is 4.42 Å². The minimum atomic E-state index is -0.397. The molecule has 2 unspecified atom stereocenters. The molecule has 2 atom stereocenters. The van der Waals surface area contributed by atoms with Gasteiger partial charge in [-0.25, -0.2) is 4.79 Å². The summed E-state index contributed by atoms with van der Waals surface area (Å²) in [5.74, 6) is -0.301. The Morgan fingerprint density at radius 3 is 2.68 bits per heavy atom. The first-order valence-electron chi connectivity index (χ1n) is 8.72. The van der Waals surface area contributed by atoms with Crippen LogP contribution in [0.15, 0.2) is 33.5 Å². The summed E-state index contributed by atoms with van der Waals surface area (Å²) in [7, 11) is 1.90. The topological polar surface area (TPSA) is 67.5 Å². The van der Waals surface area contributed by atoms with Crippen molar-refractivity contribution in [1.29, 1.82) is 0 Å². The van der Waals surface area contributed by atoms with Crippen molar-refractivity contribution in [3.05, 3.63) is 34.8 Å². The number of hydrogen-bond acceptors (Lipinski definition) is 4. The number of aryl methyl sites for hydroxylation is 1. The van der Waals surface area contributed by atoms with E-state index in [1.165, 1.54) is 12.8 Å². The predicted molar refractivity (Wildman–Crippen MR) is 98.1 cm³/mol. The van der Waals surface area contributed by atoms with Crippen molar-refractivity contribution in [3.63, 3.8) is 0 Å². The lowest BCUT2D eigenvalue weighted by Crippen LogP contribution is -2.48. The van der Waals surface area contributed by atoms with Gasteiger partial charge in [-0.05, 0) is 37.8 Å². The molecule has 2 aromatic rings. The van der Waals surface area contributed by atoms with Gasteiger partial charge >= 0.3 is 5.76 Å². The largest absolute Gasteiger partial charge is 0.419 e. The van der Waals surface area contributed by atoms with Crippen LogP contribution in [0.2, 0.25) is 0 Å². The maximum absolute atomic E-state index is 12.6. The molecule has 2 aliphatic heterocycles. The van der Waals surface area contributed by atoms with Crippen LogP contribution in [0.25, 0.3) is 11.1 Å². The van der Waals surface area contributed by atoms with Crippen molar-refractivity contribution in [2.75, 3.05) is 7.05 Å². The second kappa shape index (κ2) is 7.22. The molecule has 0 spiro atoms. The maximum atomic E-state index is 12.6. The van der Waals surface area contributed by atoms with Gasteiger partial charge in [0, 0.05) is 38.1 Å². The summed E-state index contributed by atoms with van der Waals surface area (Å²) in [5, 5.41) is 3.60. The summed E-state index contributed by atoms with van der Waals surface area (Å²) in [6, 6.07) is 8.75. The fourth-order valence-corrected chi connectivity index (χ4v) is 4.16. The highest BCUT2D eigenvalue weighted by Crippen LogP contribution is 2.29. The Morgan fingerprint density at radius 1 is 1.28 bits per heavy atom. The Labute approximate surface area is 152 Å². The van der Waals surface area contributed by atoms with Crippen LogP contribution in [0, 0.1) is 0 Å². The van der Waals surface area contributed by atoms with Gasteiger partial charge in [0.05, 0.1) is 5.52 Å². The molecule has 7 heteroatoms. The standard InChI is InChI=1S/C18H23N3O3.ClH/c1-20(14-10-12-6-7-13(11-14)19-12)17(22)8-9-21-15-4-2-3-5-16(15)24-18(21)23;/h2-5,12-14,19H,6-11H2,1H3;1H. The Balaban J connectivity index is 0.00000182. The number of halogens is 1. The van der Waals surface area contributed by atoms with E-state index in [2.05, 4.69) is 5.32 Å². The van der Waals surface area contributed by atoms with E-state index in [0.717, 1.165) is 18.4 Å². The molecule has 2 aliphatic rings. The molecular weight excluding hydrogens is 342 g/mol. The fraction of sp³-hybridized carbons (Fsp3) is 0.556. The number of piperidine rings is 1. The molecule has 2 saturated heterocycles. The second-order valence-corrected chi connectivity index (χ2v) is 7.01. The first kappa shape index (κ1) is 18.0. The van der Waals surface area contributed by atoms with Crippen LogP contribution in [0.5, 0.6) is 0 Å². The average Bonchev–Trinajstić information content (AvgIpc) is 3.09. The van der Waals surface area contributed by atoms with E-state index in [1.54, 1.807) is 10.6 Å². The quantitative estimate of drug-likeness (QED) is 0.901. The van der Waals surface area contributed by atoms with Crippen molar-refractivity contribution in [1.82, 2.24) is 14.8 Å². The number of aromatic nitrogens is 1. The number of fused-ring (bicyclic) bond motifs is 3. The van der Waals surface area contributed by atoms with Crippen LogP contribution in [0.4, 0.5) is 0 Å². The van der Waals surface area contributed by atoms with E-state index < -0.39 is 5.76 Å². The van der Waals surface area contributed by atoms with Crippen molar-refractivity contribution < 1.29 is 9.21 Å². The van der Waals surface area contributed by atoms with Gasteiger partial charge in [0.25, 0.3) is 0 Å². The number of carbonyl (C=O) groups is 1. The summed E-state index contributed by atoms with van der Waals surface area (Å²) < 4.78 is 6.77. The third kappa shape index (κ3) is 3.46. The molecule has 25 heavy (non-hydrogen) atoms. The zero-order valence-electron chi connectivity index (χ0n) is 14.3. The van der Waals surface area contributed by atoms with Crippen LogP contribution in [0.3, 0.4) is 0 Å². The number of benzene rings is 1. The van der Waals surface area contributed by atoms with Crippen LogP contribution in [-0.4, -0.2) is 40.5 Å². The number of hydrogen-bond donors (Lipinski definition) is 1. The highest BCUT2D eigenvalue weighted by atomic mass is 35.5. The van der Waals surface area contributed by atoms with Gasteiger partial charge in [0.2, 0.25) is 5.91 Å². The van der Waals surface area contributed by atoms with Gasteiger partial charge in [-0.15, -0.1) is 12.4 Å². The van der Waals surface area contributed by atoms with Gasteiger partial charge in [-0.2, -0.15) is 0 Å². The molecule has 4 rings (SSSR count). The summed E-state index contributed by atoms with van der Waals surface area (Å²) in [6.07, 6.45) is 4.83. The predicted octanol–water partition coefficient (Wildman–Crippen LogP) is 2.15. The van der Waals surface area contributed by atoms with Crippen LogP contribution in [-0.2, 0) is 11.3 Å². The number of carbonyl (C=O) groups excluding carboxylic acids is 1. The van der Waals surface area contributed by atoms with Gasteiger partial charge in [0.1, 0.15) is 0 Å². The van der Waals surface area contributed by atoms with Gasteiger partial charge in [0.15, 0.2) is 5.58 Å². The first-order chi connectivity index (χ1) is 11.6. The molecule has 0 radical (unpaired) electrons. The number of nitrogens with one attached hydrogen (secondary N) is 1. The number of nitrogens with zero attached hydrogens (tertiary/aromatic N) is 2. The molecule has 1 aromatic heterocycles. The van der Waals surface area contributed by atoms with Gasteiger partial charge < -0.3 is 14.6 Å². The molecule has 0 aliphatic carbocycles. The Morgan fingerprint density at radius 2 is 1.96 bits per heavy atom. The van der Waals surface area contributed by atoms with Crippen molar-refractivity contribution in [3.8, 4) is 0 Å². The molecule has 1 aromatic carbocycles. The lowest BCUT2D eigenvalue weighted by atomic mass is 9.98. The smallest absolute Gasteiger partial charge is 0.408 e. The highest BCUT2D eigenvalue weighted by molar-refractivity contribution is 5.85. The van der Waals surface area contributed by atoms with Gasteiger partial charge in [-0.3, -0.25) is 9.36 Å². The van der Waals surface area contributed by atoms with Crippen LogP contribution < -0.4 is 11.1 Å². The Bertz CT molecular complexity index is 803. The zero-order valence-corrected chi connectivity index (χ0v) is 15.1. The van der Waals surface area contributed by atoms with Crippen LogP contribution >= 0.6 is 12.4 Å². The fourth-order valence-electron chi connectivity index (χ4n) is 4.16. The summed E-state index contributed by atoms with van der Waals surface area (Å²) in [6.45, 7) is 0.358. The van der Waals surface area contributed by atoms with Gasteiger partial charge in [-0.1, -0.05) is 12.1 Å². The van der Waals surface area contributed by atoms with E-state index in [-0.39, 0.29) is 18.3 Å². The zero-order chi connectivity index (χ0) is 16.7. The highest BCUT2D eigenvalue weighted by Gasteiger charge is 2.36. The lowest BCUT2D eigenvalue weighted by Gasteiger charge is -2.35. The Hall–Kier alpha value is -1.79. The maximum Gasteiger partial charge on any atom is 0.419 e. The lowest BCUT2D eigenvalue weighted by molar-refractivity contribution is -0.132. The van der Waals surface area contributed by atoms with E-state index in [9.17, 15) is 9.59 Å². The third-order valence-corrected chi connectivity index (χ3v) is 5.51. The van der Waals surface area contributed by atoms with E-state index in [1.807, 2.05) is 30.1 Å². The molecule has 3 heterocycles. The minimum Gasteiger partial charge on any atom is -0.408 e. The molecule has 6 nitrogen and oxygen atoms in total. The molecule has 0 saturated carbocycles. The second-order valence-electron chi connectivity index (χ2n) is 7.01. The van der Waals surface area contributed by atoms with Crippen molar-refractivity contribution >= 4 is 29.4 Å². The monoisotopic (exact) mass is 365 g/mol. The SMILES string of the molecule is CN(C(=O)CCn1c(=O)oc2ccccc21)C1CC2CCC(C1)N2.Cl. The molecule has 1 N–H and O–H groups in total. The Kier molecular flexibility index (Phi) is 5.20. The third-order valence-electron chi connectivity index (χ3n) is 5.51. The molecule has 2 bridgehead atoms. The first-order valence-corrected chi connectivity index (χ1v) is 8.72. The average molecular weight is 366 g/mol. The number of amides is 1. The number of rotatable bonds is 4. The normalized spacial score (nSPS) is 24.9. The van der Waals surface area contributed by atoms with Crippen molar-refractivity contribution in [2.24, 2.45) is 0 Å². The van der Waals surface area contributed by atoms with Crippen molar-refractivity contribution in [2.45, 2.75) is 56.8 Å². The van der Waals surface area contributed by atoms with E-state index >= 15 is 0 Å². The van der Waals surface area contributed by atoms with Crippen LogP contribution in [0.1, 0.15) is 32.1 Å². The minimum absolute atomic E-state index is 0. The molecule has 136 valence electrons. The van der Waals surface area contributed by atoms with E-state index in [0.29, 0.717) is 36.7 Å². The molecule has 2 fully saturated rings. The molecule has 1 amide bonds. The summed E-state index contributed by atoms with van der Waals surface area (Å²) in [5.41, 5.74) is 1.32. The summed E-state index contributed by atoms with van der Waals surface area (Å²) in [4.78, 5) is 26.4. The molecular formula is C18H24ClN3O3. The summed E-state index contributed by atoms with van der Waals surface area (Å²) >= 11 is 0. The number of oxazole rings is 1. The number of para-hydroxylation sites is 2.